The summed E-state index contributed by atoms with van der Waals surface area (Å²) in [6, 6.07) is 12.0. The first-order chi connectivity index (χ1) is 16.5. The zero-order valence-electron chi connectivity index (χ0n) is 19.9. The van der Waals surface area contributed by atoms with E-state index in [0.29, 0.717) is 17.9 Å². The van der Waals surface area contributed by atoms with E-state index >= 15 is 0 Å². The Labute approximate surface area is 201 Å². The highest BCUT2D eigenvalue weighted by Crippen LogP contribution is 2.26. The van der Waals surface area contributed by atoms with E-state index in [-0.39, 0.29) is 24.4 Å². The third-order valence-electron chi connectivity index (χ3n) is 6.70. The van der Waals surface area contributed by atoms with Crippen molar-refractivity contribution in [2.75, 3.05) is 42.9 Å². The Morgan fingerprint density at radius 1 is 1.15 bits per heavy atom. The van der Waals surface area contributed by atoms with Crippen molar-refractivity contribution in [2.45, 2.75) is 51.2 Å². The Kier molecular flexibility index (Phi) is 8.00. The van der Waals surface area contributed by atoms with E-state index in [2.05, 4.69) is 38.7 Å². The Balaban J connectivity index is 1.27. The van der Waals surface area contributed by atoms with Crippen molar-refractivity contribution in [3.8, 4) is 0 Å². The van der Waals surface area contributed by atoms with Crippen molar-refractivity contribution in [3.05, 3.63) is 53.7 Å². The van der Waals surface area contributed by atoms with Crippen LogP contribution < -0.4 is 15.5 Å². The third kappa shape index (κ3) is 6.26. The summed E-state index contributed by atoms with van der Waals surface area (Å²) in [5, 5.41) is 16.9. The number of carbonyl (C=O) groups is 2. The summed E-state index contributed by atoms with van der Waals surface area (Å²) in [7, 11) is 0. The SMILES string of the molecule is CC(=O)N1CCC(Nc2cc(C(=O)NCC(O)CN3CCCCc4ccccc43)ccn2)CC1. The minimum absolute atomic E-state index is 0.109. The number of likely N-dealkylation sites (tertiary alicyclic amines) is 1. The Morgan fingerprint density at radius 3 is 2.74 bits per heavy atom. The number of hydrogen-bond acceptors (Lipinski definition) is 6. The number of aliphatic hydroxyl groups is 1. The molecule has 0 radical (unpaired) electrons. The number of benzene rings is 1. The molecular weight excluding hydrogens is 430 g/mol. The van der Waals surface area contributed by atoms with Crippen molar-refractivity contribution in [1.29, 1.82) is 0 Å². The monoisotopic (exact) mass is 465 g/mol. The van der Waals surface area contributed by atoms with Crippen molar-refractivity contribution < 1.29 is 14.7 Å². The van der Waals surface area contributed by atoms with Gasteiger partial charge in [-0.05, 0) is 55.9 Å². The van der Waals surface area contributed by atoms with Crippen LogP contribution >= 0.6 is 0 Å². The number of rotatable bonds is 7. The van der Waals surface area contributed by atoms with Crippen molar-refractivity contribution in [2.24, 2.45) is 0 Å². The van der Waals surface area contributed by atoms with Gasteiger partial charge in [-0.25, -0.2) is 4.98 Å². The van der Waals surface area contributed by atoms with Gasteiger partial charge in [0.15, 0.2) is 0 Å². The molecule has 0 spiro atoms. The molecule has 3 N–H and O–H groups in total. The highest BCUT2D eigenvalue weighted by molar-refractivity contribution is 5.94. The van der Waals surface area contributed by atoms with E-state index in [9.17, 15) is 14.7 Å². The lowest BCUT2D eigenvalue weighted by Gasteiger charge is -2.32. The van der Waals surface area contributed by atoms with Gasteiger partial charge in [0.2, 0.25) is 5.91 Å². The van der Waals surface area contributed by atoms with E-state index in [1.807, 2.05) is 11.0 Å². The number of piperidine rings is 1. The fourth-order valence-electron chi connectivity index (χ4n) is 4.79. The Morgan fingerprint density at radius 2 is 1.94 bits per heavy atom. The summed E-state index contributed by atoms with van der Waals surface area (Å²) in [6.45, 7) is 4.64. The Hall–Kier alpha value is -3.13. The number of nitrogens with zero attached hydrogens (tertiary/aromatic N) is 3. The molecule has 0 saturated carbocycles. The van der Waals surface area contributed by atoms with E-state index in [1.165, 1.54) is 11.3 Å². The minimum Gasteiger partial charge on any atom is -0.389 e. The fourth-order valence-corrected chi connectivity index (χ4v) is 4.79. The molecule has 34 heavy (non-hydrogen) atoms. The second kappa shape index (κ2) is 11.3. The topological polar surface area (TPSA) is 97.8 Å². The van der Waals surface area contributed by atoms with Crippen LogP contribution in [0.5, 0.6) is 0 Å². The molecular formula is C26H35N5O3. The highest BCUT2D eigenvalue weighted by atomic mass is 16.3. The van der Waals surface area contributed by atoms with E-state index < -0.39 is 6.10 Å². The van der Waals surface area contributed by atoms with Crippen molar-refractivity contribution in [1.82, 2.24) is 15.2 Å². The quantitative estimate of drug-likeness (QED) is 0.581. The van der Waals surface area contributed by atoms with Gasteiger partial charge in [0.05, 0.1) is 6.10 Å². The lowest BCUT2D eigenvalue weighted by atomic mass is 10.0. The zero-order valence-corrected chi connectivity index (χ0v) is 19.9. The number of pyridine rings is 1. The fraction of sp³-hybridized carbons (Fsp3) is 0.500. The molecule has 2 aliphatic heterocycles. The molecule has 1 fully saturated rings. The van der Waals surface area contributed by atoms with Crippen molar-refractivity contribution >= 4 is 23.3 Å². The number of carbonyl (C=O) groups excluding carboxylic acids is 2. The summed E-state index contributed by atoms with van der Waals surface area (Å²) >= 11 is 0. The summed E-state index contributed by atoms with van der Waals surface area (Å²) in [4.78, 5) is 32.6. The zero-order chi connectivity index (χ0) is 23.9. The smallest absolute Gasteiger partial charge is 0.251 e. The molecule has 1 aromatic heterocycles. The van der Waals surface area contributed by atoms with Crippen LogP contribution in [0, 0.1) is 0 Å². The molecule has 2 amide bonds. The normalized spacial score (nSPS) is 17.5. The number of nitrogens with one attached hydrogen (secondary N) is 2. The number of hydrogen-bond donors (Lipinski definition) is 3. The van der Waals surface area contributed by atoms with Gasteiger partial charge in [0, 0.05) is 63.1 Å². The number of aryl methyl sites for hydroxylation is 1. The van der Waals surface area contributed by atoms with Gasteiger partial charge in [-0.2, -0.15) is 0 Å². The number of anilines is 2. The summed E-state index contributed by atoms with van der Waals surface area (Å²) in [6.07, 6.45) is 5.96. The minimum atomic E-state index is -0.666. The molecule has 8 nitrogen and oxygen atoms in total. The first-order valence-corrected chi connectivity index (χ1v) is 12.3. The molecule has 1 aromatic carbocycles. The van der Waals surface area contributed by atoms with Gasteiger partial charge in [0.25, 0.3) is 5.91 Å². The summed E-state index contributed by atoms with van der Waals surface area (Å²) < 4.78 is 0. The molecule has 1 saturated heterocycles. The van der Waals surface area contributed by atoms with E-state index in [4.69, 9.17) is 0 Å². The number of fused-ring (bicyclic) bond motifs is 1. The third-order valence-corrected chi connectivity index (χ3v) is 6.70. The predicted octanol–water partition coefficient (Wildman–Crippen LogP) is 2.44. The number of aliphatic hydroxyl groups excluding tert-OH is 1. The molecule has 2 aromatic rings. The molecule has 2 aliphatic rings. The van der Waals surface area contributed by atoms with Crippen LogP contribution in [-0.2, 0) is 11.2 Å². The number of β-amino-alcohol motifs (C(OH)–C–C–N with tert-alkyl or cyclic N) is 1. The van der Waals surface area contributed by atoms with Crippen LogP contribution in [0.2, 0.25) is 0 Å². The second-order valence-electron chi connectivity index (χ2n) is 9.25. The Bertz CT molecular complexity index is 990. The maximum Gasteiger partial charge on any atom is 0.251 e. The molecule has 182 valence electrons. The predicted molar refractivity (Wildman–Crippen MR) is 133 cm³/mol. The van der Waals surface area contributed by atoms with Gasteiger partial charge in [0.1, 0.15) is 5.82 Å². The number of para-hydroxylation sites is 1. The van der Waals surface area contributed by atoms with Gasteiger partial charge in [-0.1, -0.05) is 18.2 Å². The van der Waals surface area contributed by atoms with Crippen LogP contribution in [0.1, 0.15) is 48.5 Å². The van der Waals surface area contributed by atoms with Crippen LogP contribution in [0.4, 0.5) is 11.5 Å². The van der Waals surface area contributed by atoms with Crippen LogP contribution in [-0.4, -0.2) is 71.7 Å². The van der Waals surface area contributed by atoms with Crippen LogP contribution in [0.25, 0.3) is 0 Å². The first kappa shape index (κ1) is 24.0. The van der Waals surface area contributed by atoms with Crippen molar-refractivity contribution in [3.63, 3.8) is 0 Å². The molecule has 1 unspecified atom stereocenters. The lowest BCUT2D eigenvalue weighted by molar-refractivity contribution is -0.129. The van der Waals surface area contributed by atoms with Gasteiger partial charge < -0.3 is 25.5 Å². The standard InChI is InChI=1S/C26H35N5O3/c1-19(32)30-14-10-22(11-15-30)29-25-16-21(9-12-27-25)26(34)28-17-23(33)18-31-13-5-4-7-20-6-2-3-8-24(20)31/h2-3,6,8-9,12,16,22-23,33H,4-5,7,10-11,13-15,17-18H2,1H3,(H,27,29)(H,28,34). The number of amides is 2. The molecule has 0 bridgehead atoms. The number of aromatic nitrogens is 1. The summed E-state index contributed by atoms with van der Waals surface area (Å²) in [5.41, 5.74) is 3.01. The lowest BCUT2D eigenvalue weighted by Crippen LogP contribution is -2.41. The molecule has 3 heterocycles. The summed E-state index contributed by atoms with van der Waals surface area (Å²) in [5.74, 6) is 0.528. The molecule has 1 atom stereocenters. The van der Waals surface area contributed by atoms with Gasteiger partial charge >= 0.3 is 0 Å². The maximum absolute atomic E-state index is 12.7. The largest absolute Gasteiger partial charge is 0.389 e. The molecule has 8 heteroatoms. The molecule has 0 aliphatic carbocycles. The first-order valence-electron chi connectivity index (χ1n) is 12.3. The molecule has 4 rings (SSSR count). The average Bonchev–Trinajstić information content (AvgIpc) is 3.05. The van der Waals surface area contributed by atoms with Gasteiger partial charge in [-0.3, -0.25) is 9.59 Å². The van der Waals surface area contributed by atoms with E-state index in [1.54, 1.807) is 25.3 Å². The highest BCUT2D eigenvalue weighted by Gasteiger charge is 2.21. The van der Waals surface area contributed by atoms with E-state index in [0.717, 1.165) is 51.7 Å². The van der Waals surface area contributed by atoms with Gasteiger partial charge in [-0.15, -0.1) is 0 Å². The van der Waals surface area contributed by atoms with Crippen LogP contribution in [0.3, 0.4) is 0 Å². The average molecular weight is 466 g/mol. The van der Waals surface area contributed by atoms with Crippen LogP contribution in [0.15, 0.2) is 42.6 Å². The second-order valence-corrected chi connectivity index (χ2v) is 9.25. The maximum atomic E-state index is 12.7.